The molecule has 7 heteroatoms. The molecule has 5 N–H and O–H groups in total. The van der Waals surface area contributed by atoms with Gasteiger partial charge in [-0.3, -0.25) is 0 Å². The molecule has 7 nitrogen and oxygen atoms in total. The van der Waals surface area contributed by atoms with Gasteiger partial charge in [0, 0.05) is 38.9 Å². The zero-order valence-electron chi connectivity index (χ0n) is 17.6. The zero-order valence-corrected chi connectivity index (χ0v) is 17.6. The minimum atomic E-state index is -1.03. The van der Waals surface area contributed by atoms with Gasteiger partial charge in [0.05, 0.1) is 13.3 Å². The number of nitrogens with one attached hydrogen (secondary N) is 2. The van der Waals surface area contributed by atoms with Crippen molar-refractivity contribution in [1.29, 1.82) is 5.41 Å². The van der Waals surface area contributed by atoms with E-state index in [2.05, 4.69) is 24.4 Å². The molecule has 0 radical (unpaired) electrons. The van der Waals surface area contributed by atoms with E-state index in [1.54, 1.807) is 6.92 Å². The second-order valence-electron chi connectivity index (χ2n) is 8.43. The molecule has 1 spiro atoms. The number of allylic oxidation sites excluding steroid dienone is 1. The minimum Gasteiger partial charge on any atom is -0.480 e. The molecular weight excluding hydrogens is 368 g/mol. The van der Waals surface area contributed by atoms with Gasteiger partial charge in [-0.25, -0.2) is 4.79 Å². The summed E-state index contributed by atoms with van der Waals surface area (Å²) < 4.78 is 6.17. The highest BCUT2D eigenvalue weighted by molar-refractivity contribution is 5.75. The Labute approximate surface area is 172 Å². The predicted molar refractivity (Wildman–Crippen MR) is 112 cm³/mol. The maximum atomic E-state index is 12.6. The second-order valence-corrected chi connectivity index (χ2v) is 8.43. The van der Waals surface area contributed by atoms with E-state index in [9.17, 15) is 9.90 Å². The Bertz CT molecular complexity index is 768. The van der Waals surface area contributed by atoms with Crippen molar-refractivity contribution in [2.45, 2.75) is 50.2 Å². The van der Waals surface area contributed by atoms with Gasteiger partial charge in [-0.2, -0.15) is 0 Å². The van der Waals surface area contributed by atoms with Crippen molar-refractivity contribution in [3.8, 4) is 0 Å². The van der Waals surface area contributed by atoms with Crippen LogP contribution in [0, 0.1) is 5.41 Å². The number of ether oxygens (including phenoxy) is 1. The van der Waals surface area contributed by atoms with Crippen LogP contribution < -0.4 is 10.6 Å². The average molecular weight is 402 g/mol. The molecule has 0 unspecified atom stereocenters. The number of nitrogens with zero attached hydrogens (tertiary/aromatic N) is 1. The molecule has 1 aromatic carbocycles. The lowest BCUT2D eigenvalue weighted by Crippen LogP contribution is -2.83. The van der Waals surface area contributed by atoms with Crippen LogP contribution >= 0.6 is 0 Å². The van der Waals surface area contributed by atoms with Gasteiger partial charge in [0.25, 0.3) is 0 Å². The number of likely N-dealkylation sites (tertiary alicyclic amines) is 1. The van der Waals surface area contributed by atoms with E-state index in [1.165, 1.54) is 11.8 Å². The summed E-state index contributed by atoms with van der Waals surface area (Å²) in [7, 11) is 1.85. The maximum Gasteiger partial charge on any atom is 0.317 e. The number of quaternary nitrogens is 1. The maximum absolute atomic E-state index is 12.6. The summed E-state index contributed by atoms with van der Waals surface area (Å²) in [6.07, 6.45) is 2.92. The molecule has 1 aromatic rings. The van der Waals surface area contributed by atoms with E-state index in [0.717, 1.165) is 0 Å². The summed E-state index contributed by atoms with van der Waals surface area (Å²) in [6, 6.07) is 10.1. The van der Waals surface area contributed by atoms with Crippen molar-refractivity contribution in [3.63, 3.8) is 0 Å². The first kappa shape index (κ1) is 21.3. The predicted octanol–water partition coefficient (Wildman–Crippen LogP) is 1.56. The molecule has 0 saturated carbocycles. The number of carbonyl (C=O) groups is 1. The Balaban J connectivity index is 1.57. The monoisotopic (exact) mass is 401 g/mol. The summed E-state index contributed by atoms with van der Waals surface area (Å²) in [6.45, 7) is 5.61. The van der Waals surface area contributed by atoms with Crippen LogP contribution in [0.2, 0.25) is 0 Å². The standard InChI is InChI=1S/C22H32N4O3/c1-16(17-7-5-4-6-8-17)14-25-20(27)26-11-9-22(10-12-26)15-21(2,28)19(24-3)18(13-23)29-22/h4-8,13,16,23-24,28H,9-12,14-15H2,1-3H3,(H,25,27)/p+1/t16-,21-/m0/s1. The number of amides is 2. The first-order valence-corrected chi connectivity index (χ1v) is 10.3. The van der Waals surface area contributed by atoms with E-state index in [1.807, 2.05) is 35.5 Å². The van der Waals surface area contributed by atoms with Gasteiger partial charge in [0.2, 0.25) is 0 Å². The van der Waals surface area contributed by atoms with E-state index in [-0.39, 0.29) is 11.9 Å². The summed E-state index contributed by atoms with van der Waals surface area (Å²) in [4.78, 5) is 14.4. The number of hydrogen-bond acceptors (Lipinski definition) is 4. The fourth-order valence-corrected chi connectivity index (χ4v) is 4.52. The van der Waals surface area contributed by atoms with Crippen LogP contribution in [-0.4, -0.2) is 60.1 Å². The lowest BCUT2D eigenvalue weighted by Gasteiger charge is -2.47. The Morgan fingerprint density at radius 1 is 1.38 bits per heavy atom. The van der Waals surface area contributed by atoms with E-state index in [4.69, 9.17) is 10.1 Å². The molecular formula is C22H33N4O3+. The molecule has 3 rings (SSSR count). The number of rotatable bonds is 5. The summed E-state index contributed by atoms with van der Waals surface area (Å²) in [5, 5.41) is 23.4. The van der Waals surface area contributed by atoms with Gasteiger partial charge in [-0.05, 0) is 18.4 Å². The van der Waals surface area contributed by atoms with Crippen molar-refractivity contribution < 1.29 is 20.0 Å². The van der Waals surface area contributed by atoms with Crippen LogP contribution in [0.1, 0.15) is 44.6 Å². The van der Waals surface area contributed by atoms with E-state index in [0.29, 0.717) is 50.4 Å². The number of carbonyl (C=O) groups excluding carboxylic acids is 1. The molecule has 2 atom stereocenters. The van der Waals surface area contributed by atoms with Crippen LogP contribution in [0.15, 0.2) is 41.8 Å². The highest BCUT2D eigenvalue weighted by Crippen LogP contribution is 2.41. The second kappa shape index (κ2) is 8.55. The van der Waals surface area contributed by atoms with Crippen LogP contribution in [0.3, 0.4) is 0 Å². The van der Waals surface area contributed by atoms with Gasteiger partial charge in [0.1, 0.15) is 11.2 Å². The average Bonchev–Trinajstić information content (AvgIpc) is 2.71. The van der Waals surface area contributed by atoms with Gasteiger partial charge in [-0.1, -0.05) is 37.3 Å². The van der Waals surface area contributed by atoms with Crippen molar-refractivity contribution in [2.75, 3.05) is 26.7 Å². The highest BCUT2D eigenvalue weighted by atomic mass is 16.5. The third kappa shape index (κ3) is 4.62. The van der Waals surface area contributed by atoms with Gasteiger partial charge in [0.15, 0.2) is 11.5 Å². The Kier molecular flexibility index (Phi) is 6.29. The largest absolute Gasteiger partial charge is 0.480 e. The number of urea groups is 1. The number of hydrogen-bond donors (Lipinski definition) is 4. The van der Waals surface area contributed by atoms with E-state index >= 15 is 0 Å². The molecule has 1 saturated heterocycles. The van der Waals surface area contributed by atoms with Crippen molar-refractivity contribution in [1.82, 2.24) is 10.2 Å². The molecule has 29 heavy (non-hydrogen) atoms. The molecule has 2 heterocycles. The van der Waals surface area contributed by atoms with E-state index < -0.39 is 11.2 Å². The summed E-state index contributed by atoms with van der Waals surface area (Å²) in [5.41, 5.74) is 0.304. The molecule has 158 valence electrons. The topological polar surface area (TPSA) is 102 Å². The highest BCUT2D eigenvalue weighted by Gasteiger charge is 2.50. The normalized spacial score (nSPS) is 24.8. The summed E-state index contributed by atoms with van der Waals surface area (Å²) in [5.74, 6) is 0.676. The Hall–Kier alpha value is -2.38. The van der Waals surface area contributed by atoms with Gasteiger partial charge < -0.3 is 30.8 Å². The van der Waals surface area contributed by atoms with Crippen molar-refractivity contribution >= 4 is 12.2 Å². The molecule has 0 bridgehead atoms. The molecule has 1 fully saturated rings. The Morgan fingerprint density at radius 2 is 2.03 bits per heavy atom. The molecule has 2 aliphatic heterocycles. The minimum absolute atomic E-state index is 0.0596. The number of aliphatic hydroxyl groups is 1. The third-order valence-corrected chi connectivity index (χ3v) is 6.15. The van der Waals surface area contributed by atoms with Crippen LogP contribution in [-0.2, 0) is 4.74 Å². The third-order valence-electron chi connectivity index (χ3n) is 6.15. The number of nitrogens with two attached hydrogens (primary N) is 1. The van der Waals surface area contributed by atoms with Gasteiger partial charge in [-0.15, -0.1) is 0 Å². The SMILES string of the molecule is C[NH2+]C1=C(C=N)OC2(CCN(C(=O)NC[C@H](C)c3ccccc3)CC2)C[C@]1(C)O. The number of benzene rings is 1. The zero-order chi connectivity index (χ0) is 21.1. The van der Waals surface area contributed by atoms with Gasteiger partial charge >= 0.3 is 6.03 Å². The quantitative estimate of drug-likeness (QED) is 0.563. The van der Waals surface area contributed by atoms with Crippen molar-refractivity contribution in [3.05, 3.63) is 47.4 Å². The fourth-order valence-electron chi connectivity index (χ4n) is 4.52. The molecule has 2 amide bonds. The lowest BCUT2D eigenvalue weighted by atomic mass is 9.77. The lowest BCUT2D eigenvalue weighted by molar-refractivity contribution is -0.593. The van der Waals surface area contributed by atoms with Crippen LogP contribution in [0.4, 0.5) is 4.79 Å². The molecule has 2 aliphatic rings. The van der Waals surface area contributed by atoms with Crippen LogP contribution in [0.5, 0.6) is 0 Å². The first-order chi connectivity index (χ1) is 13.8. The number of piperidine rings is 1. The Morgan fingerprint density at radius 3 is 2.62 bits per heavy atom. The smallest absolute Gasteiger partial charge is 0.317 e. The summed E-state index contributed by atoms with van der Waals surface area (Å²) >= 11 is 0. The number of likely N-dealkylation sites (N-methyl/N-ethyl adjacent to an activating group) is 1. The van der Waals surface area contributed by atoms with Crippen LogP contribution in [0.25, 0.3) is 0 Å². The fraction of sp³-hybridized carbons (Fsp3) is 0.545. The molecule has 0 aliphatic carbocycles. The molecule has 0 aromatic heterocycles. The van der Waals surface area contributed by atoms with Crippen molar-refractivity contribution in [2.24, 2.45) is 0 Å². The first-order valence-electron chi connectivity index (χ1n) is 10.3.